The number of esters is 1. The van der Waals surface area contributed by atoms with Crippen LogP contribution in [0, 0.1) is 39.9 Å². The van der Waals surface area contributed by atoms with Crippen LogP contribution >= 0.6 is 0 Å². The van der Waals surface area contributed by atoms with Crippen molar-refractivity contribution in [2.24, 2.45) is 39.9 Å². The molecule has 0 saturated heterocycles. The van der Waals surface area contributed by atoms with E-state index in [0.717, 1.165) is 38.5 Å². The van der Waals surface area contributed by atoms with E-state index < -0.39 is 5.97 Å². The molecule has 0 spiro atoms. The maximum absolute atomic E-state index is 13.6. The quantitative estimate of drug-likeness (QED) is 0.669. The molecule has 30 heavy (non-hydrogen) atoms. The van der Waals surface area contributed by atoms with E-state index >= 15 is 0 Å². The van der Waals surface area contributed by atoms with E-state index in [1.54, 1.807) is 0 Å². The van der Waals surface area contributed by atoms with Crippen LogP contribution in [-0.4, -0.2) is 28.9 Å². The van der Waals surface area contributed by atoms with Gasteiger partial charge < -0.3 is 9.84 Å². The van der Waals surface area contributed by atoms with Crippen LogP contribution in [-0.2, 0) is 19.1 Å². The van der Waals surface area contributed by atoms with Crippen LogP contribution in [0.2, 0.25) is 0 Å². The first-order valence-corrected chi connectivity index (χ1v) is 11.6. The Kier molecular flexibility index (Phi) is 4.98. The summed E-state index contributed by atoms with van der Waals surface area (Å²) in [5.41, 5.74) is 0.706. The van der Waals surface area contributed by atoms with Gasteiger partial charge in [-0.15, -0.1) is 0 Å². The SMILES string of the molecule is CC(=O)OC1CCC2C3C(=O)C=C4C(C)(C)C(CC(=O)O)CCC4(C)C3CCC12C. The Bertz CT molecular complexity index is 810. The average Bonchev–Trinajstić information content (AvgIpc) is 2.95. The van der Waals surface area contributed by atoms with Crippen LogP contribution in [0.5, 0.6) is 0 Å². The van der Waals surface area contributed by atoms with E-state index in [1.807, 2.05) is 6.08 Å². The smallest absolute Gasteiger partial charge is 0.303 e. The second-order valence-electron chi connectivity index (χ2n) is 11.4. The second kappa shape index (κ2) is 6.93. The number of allylic oxidation sites excluding steroid dienone is 2. The summed E-state index contributed by atoms with van der Waals surface area (Å²) in [6.45, 7) is 10.3. The molecule has 0 aromatic heterocycles. The van der Waals surface area contributed by atoms with Gasteiger partial charge in [0, 0.05) is 24.7 Å². The third-order valence-corrected chi connectivity index (χ3v) is 9.69. The summed E-state index contributed by atoms with van der Waals surface area (Å²) < 4.78 is 5.69. The maximum atomic E-state index is 13.6. The standard InChI is InChI=1S/C25H36O5/c1-14(26)30-20-7-6-16-22-17(9-11-25(16,20)5)24(4)10-8-15(12-21(28)29)23(2,3)19(24)13-18(22)27/h13,15-17,20,22H,6-12H2,1-5H3,(H,28,29). The number of fused-ring (bicyclic) bond motifs is 5. The van der Waals surface area contributed by atoms with Crippen LogP contribution in [0.3, 0.4) is 0 Å². The molecule has 1 N–H and O–H groups in total. The molecule has 0 radical (unpaired) electrons. The first kappa shape index (κ1) is 21.6. The number of carbonyl (C=O) groups is 3. The van der Waals surface area contributed by atoms with Crippen LogP contribution in [0.1, 0.15) is 79.6 Å². The molecule has 0 aromatic carbocycles. The molecule has 0 aliphatic heterocycles. The monoisotopic (exact) mass is 416 g/mol. The molecule has 4 rings (SSSR count). The highest BCUT2D eigenvalue weighted by Gasteiger charge is 2.63. The number of hydrogen-bond acceptors (Lipinski definition) is 4. The zero-order valence-corrected chi connectivity index (χ0v) is 19.0. The van der Waals surface area contributed by atoms with Crippen molar-refractivity contribution >= 4 is 17.7 Å². The minimum Gasteiger partial charge on any atom is -0.481 e. The molecule has 0 bridgehead atoms. The lowest BCUT2D eigenvalue weighted by atomic mass is 9.43. The van der Waals surface area contributed by atoms with Crippen LogP contribution in [0.25, 0.3) is 0 Å². The molecule has 4 aliphatic carbocycles. The summed E-state index contributed by atoms with van der Waals surface area (Å²) in [7, 11) is 0. The molecule has 0 aromatic rings. The van der Waals surface area contributed by atoms with Gasteiger partial charge in [0.2, 0.25) is 0 Å². The number of ketones is 1. The fourth-order valence-corrected chi connectivity index (χ4v) is 8.07. The van der Waals surface area contributed by atoms with Gasteiger partial charge in [0.1, 0.15) is 6.10 Å². The van der Waals surface area contributed by atoms with Gasteiger partial charge in [0.15, 0.2) is 5.78 Å². The fraction of sp³-hybridized carbons (Fsp3) is 0.800. The summed E-state index contributed by atoms with van der Waals surface area (Å²) in [4.78, 5) is 36.6. The number of rotatable bonds is 3. The molecular weight excluding hydrogens is 380 g/mol. The highest BCUT2D eigenvalue weighted by Crippen LogP contribution is 2.67. The molecule has 0 amide bonds. The molecule has 7 atom stereocenters. The fourth-order valence-electron chi connectivity index (χ4n) is 8.07. The maximum Gasteiger partial charge on any atom is 0.303 e. The molecule has 5 heteroatoms. The lowest BCUT2D eigenvalue weighted by Gasteiger charge is -2.60. The van der Waals surface area contributed by atoms with E-state index in [2.05, 4.69) is 27.7 Å². The van der Waals surface area contributed by atoms with Gasteiger partial charge in [-0.25, -0.2) is 0 Å². The number of hydrogen-bond donors (Lipinski definition) is 1. The normalized spacial score (nSPS) is 44.4. The van der Waals surface area contributed by atoms with Gasteiger partial charge in [-0.3, -0.25) is 14.4 Å². The molecule has 166 valence electrons. The molecule has 0 heterocycles. The van der Waals surface area contributed by atoms with E-state index in [-0.39, 0.29) is 58.3 Å². The van der Waals surface area contributed by atoms with Crippen molar-refractivity contribution in [2.75, 3.05) is 0 Å². The number of aliphatic carboxylic acids is 1. The lowest BCUT2D eigenvalue weighted by Crippen LogP contribution is -2.56. The summed E-state index contributed by atoms with van der Waals surface area (Å²) in [6, 6.07) is 0. The van der Waals surface area contributed by atoms with Crippen molar-refractivity contribution in [3.63, 3.8) is 0 Å². The molecule has 3 fully saturated rings. The van der Waals surface area contributed by atoms with E-state index in [1.165, 1.54) is 12.5 Å². The number of carbonyl (C=O) groups excluding carboxylic acids is 2. The number of carboxylic acid groups (broad SMARTS) is 1. The molecule has 4 aliphatic rings. The molecule has 3 saturated carbocycles. The summed E-state index contributed by atoms with van der Waals surface area (Å²) in [6.07, 6.45) is 7.54. The Labute approximate surface area is 179 Å². The summed E-state index contributed by atoms with van der Waals surface area (Å²) >= 11 is 0. The zero-order chi connectivity index (χ0) is 22.1. The first-order valence-electron chi connectivity index (χ1n) is 11.6. The van der Waals surface area contributed by atoms with Gasteiger partial charge in [0.05, 0.1) is 0 Å². The molecular formula is C25H36O5. The Morgan fingerprint density at radius 1 is 1.07 bits per heavy atom. The van der Waals surface area contributed by atoms with Gasteiger partial charge in [-0.1, -0.05) is 33.3 Å². The van der Waals surface area contributed by atoms with Gasteiger partial charge in [0.25, 0.3) is 0 Å². The summed E-state index contributed by atoms with van der Waals surface area (Å²) in [5, 5.41) is 9.39. The van der Waals surface area contributed by atoms with Crippen LogP contribution in [0.4, 0.5) is 0 Å². The van der Waals surface area contributed by atoms with Gasteiger partial charge in [-0.2, -0.15) is 0 Å². The van der Waals surface area contributed by atoms with Gasteiger partial charge in [-0.05, 0) is 73.2 Å². The lowest BCUT2D eigenvalue weighted by molar-refractivity contribution is -0.158. The van der Waals surface area contributed by atoms with Gasteiger partial charge >= 0.3 is 11.9 Å². The second-order valence-corrected chi connectivity index (χ2v) is 11.4. The minimum atomic E-state index is -0.756. The third-order valence-electron chi connectivity index (χ3n) is 9.69. The van der Waals surface area contributed by atoms with E-state index in [4.69, 9.17) is 4.74 Å². The summed E-state index contributed by atoms with van der Waals surface area (Å²) in [5.74, 6) is -0.167. The van der Waals surface area contributed by atoms with Crippen molar-refractivity contribution in [1.82, 2.24) is 0 Å². The largest absolute Gasteiger partial charge is 0.481 e. The molecule has 5 nitrogen and oxygen atoms in total. The predicted octanol–water partition coefficient (Wildman–Crippen LogP) is 4.79. The van der Waals surface area contributed by atoms with Crippen molar-refractivity contribution in [2.45, 2.75) is 85.7 Å². The van der Waals surface area contributed by atoms with Crippen LogP contribution in [0.15, 0.2) is 11.6 Å². The average molecular weight is 417 g/mol. The number of ether oxygens (including phenoxy) is 1. The highest BCUT2D eigenvalue weighted by atomic mass is 16.5. The van der Waals surface area contributed by atoms with E-state index in [0.29, 0.717) is 5.92 Å². The van der Waals surface area contributed by atoms with Crippen molar-refractivity contribution in [3.05, 3.63) is 11.6 Å². The van der Waals surface area contributed by atoms with Crippen molar-refractivity contribution in [3.8, 4) is 0 Å². The third kappa shape index (κ3) is 2.98. The number of carboxylic acids is 1. The van der Waals surface area contributed by atoms with Crippen molar-refractivity contribution < 1.29 is 24.2 Å². The predicted molar refractivity (Wildman–Crippen MR) is 113 cm³/mol. The zero-order valence-electron chi connectivity index (χ0n) is 19.0. The molecule has 7 unspecified atom stereocenters. The Balaban J connectivity index is 1.70. The van der Waals surface area contributed by atoms with Crippen molar-refractivity contribution in [1.29, 1.82) is 0 Å². The highest BCUT2D eigenvalue weighted by molar-refractivity contribution is 5.95. The Morgan fingerprint density at radius 2 is 1.77 bits per heavy atom. The van der Waals surface area contributed by atoms with Crippen LogP contribution < -0.4 is 0 Å². The van der Waals surface area contributed by atoms with E-state index in [9.17, 15) is 19.5 Å². The minimum absolute atomic E-state index is 0.00937. The topological polar surface area (TPSA) is 80.7 Å². The first-order chi connectivity index (χ1) is 13.9. The Hall–Kier alpha value is -1.65. The Morgan fingerprint density at radius 3 is 2.40 bits per heavy atom.